The number of halogens is 3. The Bertz CT molecular complexity index is 378. The Morgan fingerprint density at radius 3 is 2.88 bits per heavy atom. The van der Waals surface area contributed by atoms with Gasteiger partial charge in [0.05, 0.1) is 0 Å². The minimum atomic E-state index is -4.35. The minimum Gasteiger partial charge on any atom is -0.316 e. The molecule has 0 aliphatic carbocycles. The fraction of sp³-hybridized carbons (Fsp3) is 0.727. The van der Waals surface area contributed by atoms with Crippen molar-refractivity contribution in [1.29, 1.82) is 0 Å². The molecule has 0 saturated carbocycles. The van der Waals surface area contributed by atoms with Crippen LogP contribution in [0.3, 0.4) is 0 Å². The van der Waals surface area contributed by atoms with E-state index in [-0.39, 0.29) is 5.92 Å². The summed E-state index contributed by atoms with van der Waals surface area (Å²) in [6, 6.07) is 0. The van der Waals surface area contributed by atoms with Gasteiger partial charge < -0.3 is 5.32 Å². The van der Waals surface area contributed by atoms with E-state index in [1.54, 1.807) is 0 Å². The molecule has 0 amide bonds. The first-order chi connectivity index (χ1) is 7.97. The van der Waals surface area contributed by atoms with Crippen LogP contribution in [0.25, 0.3) is 0 Å². The van der Waals surface area contributed by atoms with Crippen molar-refractivity contribution in [2.75, 3.05) is 13.1 Å². The Kier molecular flexibility index (Phi) is 3.42. The smallest absolute Gasteiger partial charge is 0.316 e. The molecule has 1 aromatic heterocycles. The van der Waals surface area contributed by atoms with Gasteiger partial charge in [-0.05, 0) is 38.3 Å². The fourth-order valence-corrected chi connectivity index (χ4v) is 2.33. The molecule has 2 rings (SSSR count). The molecule has 1 aliphatic heterocycles. The van der Waals surface area contributed by atoms with Crippen molar-refractivity contribution in [3.05, 3.63) is 17.5 Å². The molecule has 1 aromatic rings. The minimum absolute atomic E-state index is 0.286. The second kappa shape index (κ2) is 4.68. The Hall–Kier alpha value is -1.04. The van der Waals surface area contributed by atoms with Crippen molar-refractivity contribution in [2.45, 2.75) is 25.4 Å². The van der Waals surface area contributed by atoms with E-state index in [4.69, 9.17) is 0 Å². The molecular weight excluding hydrogens is 231 g/mol. The van der Waals surface area contributed by atoms with Gasteiger partial charge in [0.15, 0.2) is 5.69 Å². The van der Waals surface area contributed by atoms with Gasteiger partial charge in [0.25, 0.3) is 0 Å². The molecule has 1 saturated heterocycles. The van der Waals surface area contributed by atoms with Crippen LogP contribution >= 0.6 is 0 Å². The molecule has 0 bridgehead atoms. The first kappa shape index (κ1) is 12.4. The van der Waals surface area contributed by atoms with Gasteiger partial charge in [0.1, 0.15) is 0 Å². The standard InChI is InChI=1S/C11H16F3N3/c1-17-7-9(10(16-17)11(12,13)14)5-8-3-2-4-15-6-8/h7-8,15H,2-6H2,1H3. The second-order valence-electron chi connectivity index (χ2n) is 4.59. The Morgan fingerprint density at radius 2 is 2.29 bits per heavy atom. The fourth-order valence-electron chi connectivity index (χ4n) is 2.33. The summed E-state index contributed by atoms with van der Waals surface area (Å²) in [5, 5.41) is 6.73. The zero-order valence-electron chi connectivity index (χ0n) is 9.72. The van der Waals surface area contributed by atoms with Gasteiger partial charge in [-0.2, -0.15) is 18.3 Å². The van der Waals surface area contributed by atoms with Crippen LogP contribution in [0, 0.1) is 5.92 Å². The normalized spacial score (nSPS) is 21.8. The lowest BCUT2D eigenvalue weighted by Gasteiger charge is -2.22. The van der Waals surface area contributed by atoms with Crippen molar-refractivity contribution in [1.82, 2.24) is 15.1 Å². The van der Waals surface area contributed by atoms with Gasteiger partial charge in [-0.1, -0.05) is 0 Å². The topological polar surface area (TPSA) is 29.9 Å². The first-order valence-corrected chi connectivity index (χ1v) is 5.77. The van der Waals surface area contributed by atoms with Gasteiger partial charge >= 0.3 is 6.18 Å². The van der Waals surface area contributed by atoms with Crippen LogP contribution in [0.2, 0.25) is 0 Å². The summed E-state index contributed by atoms with van der Waals surface area (Å²) >= 11 is 0. The number of aryl methyl sites for hydroxylation is 1. The average molecular weight is 247 g/mol. The van der Waals surface area contributed by atoms with Crippen molar-refractivity contribution in [3.63, 3.8) is 0 Å². The van der Waals surface area contributed by atoms with Crippen molar-refractivity contribution < 1.29 is 13.2 Å². The lowest BCUT2D eigenvalue weighted by atomic mass is 9.92. The van der Waals surface area contributed by atoms with Crippen LogP contribution in [0.4, 0.5) is 13.2 Å². The van der Waals surface area contributed by atoms with Crippen molar-refractivity contribution in [3.8, 4) is 0 Å². The van der Waals surface area contributed by atoms with Crippen LogP contribution in [0.1, 0.15) is 24.1 Å². The van der Waals surface area contributed by atoms with Gasteiger partial charge in [-0.3, -0.25) is 4.68 Å². The van der Waals surface area contributed by atoms with Crippen molar-refractivity contribution >= 4 is 0 Å². The van der Waals surface area contributed by atoms with Gasteiger partial charge in [-0.15, -0.1) is 0 Å². The number of hydrogen-bond acceptors (Lipinski definition) is 2. The first-order valence-electron chi connectivity index (χ1n) is 5.77. The van der Waals surface area contributed by atoms with Crippen LogP contribution in [-0.4, -0.2) is 22.9 Å². The summed E-state index contributed by atoms with van der Waals surface area (Å²) in [6.45, 7) is 1.77. The summed E-state index contributed by atoms with van der Waals surface area (Å²) in [5.41, 5.74) is -0.417. The van der Waals surface area contributed by atoms with Crippen LogP contribution in [0.15, 0.2) is 6.20 Å². The summed E-state index contributed by atoms with van der Waals surface area (Å²) in [4.78, 5) is 0. The summed E-state index contributed by atoms with van der Waals surface area (Å²) in [6.07, 6.45) is -0.392. The molecule has 1 atom stereocenters. The van der Waals surface area contributed by atoms with Gasteiger partial charge in [0, 0.05) is 18.8 Å². The van der Waals surface area contributed by atoms with E-state index >= 15 is 0 Å². The highest BCUT2D eigenvalue weighted by molar-refractivity contribution is 5.20. The maximum Gasteiger partial charge on any atom is 0.435 e. The molecule has 6 heteroatoms. The average Bonchev–Trinajstić information content (AvgIpc) is 2.60. The third-order valence-corrected chi connectivity index (χ3v) is 3.08. The number of alkyl halides is 3. The third kappa shape index (κ3) is 3.00. The zero-order valence-corrected chi connectivity index (χ0v) is 9.72. The van der Waals surface area contributed by atoms with Gasteiger partial charge in [-0.25, -0.2) is 0 Å². The molecule has 1 unspecified atom stereocenters. The number of hydrogen-bond donors (Lipinski definition) is 1. The molecule has 1 fully saturated rings. The van der Waals surface area contributed by atoms with E-state index in [0.717, 1.165) is 25.9 Å². The SMILES string of the molecule is Cn1cc(CC2CCCNC2)c(C(F)(F)F)n1. The number of piperidine rings is 1. The van der Waals surface area contributed by atoms with Crippen LogP contribution in [-0.2, 0) is 19.6 Å². The lowest BCUT2D eigenvalue weighted by molar-refractivity contribution is -0.142. The molecule has 17 heavy (non-hydrogen) atoms. The molecule has 0 aromatic carbocycles. The van der Waals surface area contributed by atoms with E-state index in [1.165, 1.54) is 17.9 Å². The third-order valence-electron chi connectivity index (χ3n) is 3.08. The predicted molar refractivity (Wildman–Crippen MR) is 57.5 cm³/mol. The molecule has 0 spiro atoms. The van der Waals surface area contributed by atoms with Crippen molar-refractivity contribution in [2.24, 2.45) is 13.0 Å². The summed E-state index contributed by atoms with van der Waals surface area (Å²) < 4.78 is 39.4. The summed E-state index contributed by atoms with van der Waals surface area (Å²) in [7, 11) is 1.53. The van der Waals surface area contributed by atoms with Crippen LogP contribution in [0.5, 0.6) is 0 Å². The number of aromatic nitrogens is 2. The Balaban J connectivity index is 2.14. The Labute approximate surface area is 98.0 Å². The maximum atomic E-state index is 12.7. The quantitative estimate of drug-likeness (QED) is 0.866. The molecule has 96 valence electrons. The monoisotopic (exact) mass is 247 g/mol. The highest BCUT2D eigenvalue weighted by Gasteiger charge is 2.37. The summed E-state index contributed by atoms with van der Waals surface area (Å²) in [5.74, 6) is 0.286. The second-order valence-corrected chi connectivity index (χ2v) is 4.59. The zero-order chi connectivity index (χ0) is 12.5. The van der Waals surface area contributed by atoms with Gasteiger partial charge in [0.2, 0.25) is 0 Å². The van der Waals surface area contributed by atoms with E-state index < -0.39 is 11.9 Å². The predicted octanol–water partition coefficient (Wildman–Crippen LogP) is 1.98. The molecule has 0 radical (unpaired) electrons. The Morgan fingerprint density at radius 1 is 1.53 bits per heavy atom. The maximum absolute atomic E-state index is 12.7. The number of nitrogens with zero attached hydrogens (tertiary/aromatic N) is 2. The molecule has 2 heterocycles. The van der Waals surface area contributed by atoms with E-state index in [9.17, 15) is 13.2 Å². The van der Waals surface area contributed by atoms with E-state index in [2.05, 4.69) is 10.4 Å². The lowest BCUT2D eigenvalue weighted by Crippen LogP contribution is -2.31. The highest BCUT2D eigenvalue weighted by atomic mass is 19.4. The number of rotatable bonds is 2. The number of nitrogens with one attached hydrogen (secondary N) is 1. The molecule has 3 nitrogen and oxygen atoms in total. The highest BCUT2D eigenvalue weighted by Crippen LogP contribution is 2.32. The van der Waals surface area contributed by atoms with E-state index in [0.29, 0.717) is 12.0 Å². The van der Waals surface area contributed by atoms with E-state index in [1.807, 2.05) is 0 Å². The van der Waals surface area contributed by atoms with Crippen LogP contribution < -0.4 is 5.32 Å². The largest absolute Gasteiger partial charge is 0.435 e. The molecule has 1 N–H and O–H groups in total. The molecule has 1 aliphatic rings. The molecular formula is C11H16F3N3.